The topological polar surface area (TPSA) is 17.8 Å². The minimum atomic E-state index is -0.240. The summed E-state index contributed by atoms with van der Waals surface area (Å²) in [6.07, 6.45) is 3.61. The van der Waals surface area contributed by atoms with Crippen molar-refractivity contribution < 1.29 is 4.39 Å². The summed E-state index contributed by atoms with van der Waals surface area (Å²) in [6.45, 7) is 0. The Kier molecular flexibility index (Phi) is 4.96. The van der Waals surface area contributed by atoms with Crippen molar-refractivity contribution in [1.29, 1.82) is 0 Å². The molecule has 0 aliphatic heterocycles. The lowest BCUT2D eigenvalue weighted by atomic mass is 10.2. The summed E-state index contributed by atoms with van der Waals surface area (Å²) >= 11 is 0. The monoisotopic (exact) mass is 350 g/mol. The van der Waals surface area contributed by atoms with Crippen LogP contribution in [0.1, 0.15) is 11.4 Å². The average Bonchev–Trinajstić information content (AvgIpc) is 3.00. The van der Waals surface area contributed by atoms with Crippen LogP contribution in [0.15, 0.2) is 78.9 Å². The van der Waals surface area contributed by atoms with Crippen LogP contribution in [0.25, 0.3) is 28.9 Å². The van der Waals surface area contributed by atoms with Crippen molar-refractivity contribution in [3.8, 4) is 5.69 Å². The van der Waals surface area contributed by atoms with Crippen LogP contribution >= 0.6 is 12.4 Å². The number of aromatic nitrogens is 2. The molecule has 0 saturated heterocycles. The zero-order valence-electron chi connectivity index (χ0n) is 13.3. The lowest BCUT2D eigenvalue weighted by Gasteiger charge is -2.06. The van der Waals surface area contributed by atoms with E-state index >= 15 is 0 Å². The largest absolute Gasteiger partial charge is 0.293 e. The summed E-state index contributed by atoms with van der Waals surface area (Å²) in [6, 6.07) is 24.7. The molecule has 124 valence electrons. The molecule has 0 aliphatic rings. The highest BCUT2D eigenvalue weighted by atomic mass is 35.5. The first kappa shape index (κ1) is 16.9. The number of halogens is 2. The number of imidazole rings is 1. The van der Waals surface area contributed by atoms with Gasteiger partial charge in [0.2, 0.25) is 0 Å². The molecule has 3 aromatic carbocycles. The summed E-state index contributed by atoms with van der Waals surface area (Å²) in [5.41, 5.74) is 3.51. The maximum Gasteiger partial charge on any atom is 0.138 e. The minimum absolute atomic E-state index is 0. The molecule has 1 heterocycles. The van der Waals surface area contributed by atoms with Crippen LogP contribution < -0.4 is 0 Å². The van der Waals surface area contributed by atoms with E-state index < -0.39 is 0 Å². The van der Waals surface area contributed by atoms with Crippen molar-refractivity contribution in [2.75, 3.05) is 0 Å². The molecular formula is C21H16ClFN2. The van der Waals surface area contributed by atoms with Crippen molar-refractivity contribution in [2.24, 2.45) is 0 Å². The van der Waals surface area contributed by atoms with Gasteiger partial charge in [-0.3, -0.25) is 4.57 Å². The second-order valence-corrected chi connectivity index (χ2v) is 5.48. The number of hydrogen-bond donors (Lipinski definition) is 0. The minimum Gasteiger partial charge on any atom is -0.293 e. The molecule has 0 saturated carbocycles. The van der Waals surface area contributed by atoms with E-state index in [1.165, 1.54) is 6.07 Å². The predicted molar refractivity (Wildman–Crippen MR) is 104 cm³/mol. The second kappa shape index (κ2) is 7.32. The van der Waals surface area contributed by atoms with Crippen LogP contribution in [0.2, 0.25) is 0 Å². The number of nitrogens with zero attached hydrogens (tertiary/aromatic N) is 2. The van der Waals surface area contributed by atoms with Crippen LogP contribution in [0.5, 0.6) is 0 Å². The molecule has 0 radical (unpaired) electrons. The molecule has 4 aromatic rings. The van der Waals surface area contributed by atoms with E-state index in [0.29, 0.717) is 5.56 Å². The predicted octanol–water partition coefficient (Wildman–Crippen LogP) is 5.76. The van der Waals surface area contributed by atoms with Crippen LogP contribution in [-0.2, 0) is 0 Å². The summed E-state index contributed by atoms with van der Waals surface area (Å²) in [5, 5.41) is 0. The zero-order chi connectivity index (χ0) is 16.4. The van der Waals surface area contributed by atoms with Crippen LogP contribution in [0.4, 0.5) is 4.39 Å². The highest BCUT2D eigenvalue weighted by molar-refractivity contribution is 5.85. The van der Waals surface area contributed by atoms with Crippen molar-refractivity contribution in [3.05, 3.63) is 96.1 Å². The Morgan fingerprint density at radius 1 is 0.760 bits per heavy atom. The van der Waals surface area contributed by atoms with Gasteiger partial charge in [0.1, 0.15) is 11.6 Å². The number of hydrogen-bond acceptors (Lipinski definition) is 1. The van der Waals surface area contributed by atoms with Crippen LogP contribution in [-0.4, -0.2) is 9.55 Å². The van der Waals surface area contributed by atoms with Gasteiger partial charge in [0.15, 0.2) is 0 Å². The number of para-hydroxylation sites is 3. The fourth-order valence-corrected chi connectivity index (χ4v) is 2.78. The molecule has 0 N–H and O–H groups in total. The van der Waals surface area contributed by atoms with E-state index in [0.717, 1.165) is 22.5 Å². The first-order chi connectivity index (χ1) is 11.8. The molecule has 0 bridgehead atoms. The van der Waals surface area contributed by atoms with E-state index in [1.807, 2.05) is 66.7 Å². The van der Waals surface area contributed by atoms with E-state index in [-0.39, 0.29) is 18.2 Å². The Balaban J connectivity index is 0.00000182. The van der Waals surface area contributed by atoms with Crippen molar-refractivity contribution in [2.45, 2.75) is 0 Å². The van der Waals surface area contributed by atoms with Gasteiger partial charge in [-0.05, 0) is 42.5 Å². The number of rotatable bonds is 3. The molecule has 0 amide bonds. The van der Waals surface area contributed by atoms with Gasteiger partial charge in [0.25, 0.3) is 0 Å². The van der Waals surface area contributed by atoms with Gasteiger partial charge in [0, 0.05) is 11.3 Å². The first-order valence-corrected chi connectivity index (χ1v) is 7.78. The van der Waals surface area contributed by atoms with Crippen LogP contribution in [0, 0.1) is 5.82 Å². The molecule has 0 unspecified atom stereocenters. The second-order valence-electron chi connectivity index (χ2n) is 5.48. The summed E-state index contributed by atoms with van der Waals surface area (Å²) in [7, 11) is 0. The Morgan fingerprint density at radius 3 is 2.24 bits per heavy atom. The van der Waals surface area contributed by atoms with Crippen LogP contribution in [0.3, 0.4) is 0 Å². The van der Waals surface area contributed by atoms with Gasteiger partial charge in [-0.1, -0.05) is 48.5 Å². The van der Waals surface area contributed by atoms with Gasteiger partial charge in [-0.2, -0.15) is 0 Å². The fourth-order valence-electron chi connectivity index (χ4n) is 2.78. The Labute approximate surface area is 151 Å². The molecule has 0 spiro atoms. The molecule has 2 nitrogen and oxygen atoms in total. The van der Waals surface area contributed by atoms with Gasteiger partial charge in [-0.15, -0.1) is 12.4 Å². The third-order valence-corrected chi connectivity index (χ3v) is 3.92. The fraction of sp³-hybridized carbons (Fsp3) is 0. The van der Waals surface area contributed by atoms with Crippen molar-refractivity contribution in [3.63, 3.8) is 0 Å². The van der Waals surface area contributed by atoms with Gasteiger partial charge in [0.05, 0.1) is 11.0 Å². The SMILES string of the molecule is Cl.Fc1ccccc1C=Cc1nc2ccccc2n1-c1ccccc1. The third-order valence-electron chi connectivity index (χ3n) is 3.92. The van der Waals surface area contributed by atoms with E-state index in [1.54, 1.807) is 18.2 Å². The maximum atomic E-state index is 13.8. The molecule has 4 heteroatoms. The molecule has 0 atom stereocenters. The molecule has 0 aliphatic carbocycles. The average molecular weight is 351 g/mol. The standard InChI is InChI=1S/C21H15FN2.ClH/c22-18-11-5-4-8-16(18)14-15-21-23-19-12-6-7-13-20(19)24(21)17-9-2-1-3-10-17;/h1-15H;1H. The Morgan fingerprint density at radius 2 is 1.44 bits per heavy atom. The number of benzene rings is 3. The summed E-state index contributed by atoms with van der Waals surface area (Å²) in [5.74, 6) is 0.529. The third kappa shape index (κ3) is 3.32. The smallest absolute Gasteiger partial charge is 0.138 e. The lowest BCUT2D eigenvalue weighted by Crippen LogP contribution is -1.96. The Bertz CT molecular complexity index is 1020. The Hall–Kier alpha value is -2.91. The molecular weight excluding hydrogens is 335 g/mol. The highest BCUT2D eigenvalue weighted by Gasteiger charge is 2.09. The molecule has 4 rings (SSSR count). The molecule has 1 aromatic heterocycles. The number of fused-ring (bicyclic) bond motifs is 1. The van der Waals surface area contributed by atoms with Gasteiger partial charge >= 0.3 is 0 Å². The first-order valence-electron chi connectivity index (χ1n) is 7.78. The van der Waals surface area contributed by atoms with E-state index in [9.17, 15) is 4.39 Å². The lowest BCUT2D eigenvalue weighted by molar-refractivity contribution is 0.625. The van der Waals surface area contributed by atoms with E-state index in [2.05, 4.69) is 9.55 Å². The zero-order valence-corrected chi connectivity index (χ0v) is 14.2. The normalized spacial score (nSPS) is 10.9. The quantitative estimate of drug-likeness (QED) is 0.459. The van der Waals surface area contributed by atoms with E-state index in [4.69, 9.17) is 0 Å². The van der Waals surface area contributed by atoms with Gasteiger partial charge in [-0.25, -0.2) is 9.37 Å². The molecule has 25 heavy (non-hydrogen) atoms. The summed E-state index contributed by atoms with van der Waals surface area (Å²) < 4.78 is 15.9. The van der Waals surface area contributed by atoms with Crippen molar-refractivity contribution in [1.82, 2.24) is 9.55 Å². The maximum absolute atomic E-state index is 13.8. The van der Waals surface area contributed by atoms with Crippen molar-refractivity contribution >= 4 is 35.6 Å². The summed E-state index contributed by atoms with van der Waals surface area (Å²) in [4.78, 5) is 4.69. The highest BCUT2D eigenvalue weighted by Crippen LogP contribution is 2.23. The molecule has 0 fully saturated rings. The van der Waals surface area contributed by atoms with Gasteiger partial charge < -0.3 is 0 Å².